The molecule has 0 aromatic carbocycles. The monoisotopic (exact) mass is 689 g/mol. The summed E-state index contributed by atoms with van der Waals surface area (Å²) in [6.45, 7) is 27.7. The van der Waals surface area contributed by atoms with Crippen molar-refractivity contribution in [2.45, 2.75) is 190 Å². The summed E-state index contributed by atoms with van der Waals surface area (Å²) in [5, 5.41) is 0. The highest BCUT2D eigenvalue weighted by atomic mass is 16.9. The average molecular weight is 689 g/mol. The molecule has 0 heterocycles. The van der Waals surface area contributed by atoms with E-state index in [0.29, 0.717) is 57.7 Å². The molecule has 0 aliphatic carbocycles. The summed E-state index contributed by atoms with van der Waals surface area (Å²) in [5.41, 5.74) is 0.446. The molecule has 0 aromatic rings. The van der Waals surface area contributed by atoms with Crippen molar-refractivity contribution in [3.8, 4) is 0 Å². The Morgan fingerprint density at radius 2 is 0.979 bits per heavy atom. The van der Waals surface area contributed by atoms with E-state index < -0.39 is 11.8 Å². The van der Waals surface area contributed by atoms with E-state index in [9.17, 15) is 4.79 Å². The first kappa shape index (κ1) is 49.1. The topological polar surface area (TPSA) is 81.7 Å². The number of unbranched alkanes of at least 4 members (excludes halogenated alkanes) is 10. The van der Waals surface area contributed by atoms with Crippen molar-refractivity contribution in [3.63, 3.8) is 0 Å². The molecule has 0 fully saturated rings. The van der Waals surface area contributed by atoms with Gasteiger partial charge in [-0.25, -0.2) is 4.79 Å². The maximum Gasteiger partial charge on any atom is 0.333 e. The minimum absolute atomic E-state index is 0.177. The van der Waals surface area contributed by atoms with E-state index in [1.54, 1.807) is 6.92 Å². The molecule has 0 radical (unpaired) electrons. The third-order valence-electron chi connectivity index (χ3n) is 8.41. The Kier molecular flexibility index (Phi) is 33.9. The molecule has 0 aromatic heterocycles. The Morgan fingerprint density at radius 1 is 0.562 bits per heavy atom. The van der Waals surface area contributed by atoms with E-state index in [1.807, 2.05) is 41.5 Å². The Balaban J connectivity index is 0. The summed E-state index contributed by atoms with van der Waals surface area (Å²) in [7, 11) is 0. The summed E-state index contributed by atoms with van der Waals surface area (Å²) < 4.78 is 40.7. The van der Waals surface area contributed by atoms with Crippen LogP contribution in [0.25, 0.3) is 0 Å². The van der Waals surface area contributed by atoms with Crippen LogP contribution >= 0.6 is 0 Å². The number of esters is 1. The van der Waals surface area contributed by atoms with Gasteiger partial charge in [-0.2, -0.15) is 0 Å². The van der Waals surface area contributed by atoms with Crippen molar-refractivity contribution < 1.29 is 38.0 Å². The Bertz CT molecular complexity index is 705. The number of hydrogen-bond donors (Lipinski definition) is 0. The highest BCUT2D eigenvalue weighted by Crippen LogP contribution is 2.32. The van der Waals surface area contributed by atoms with Crippen molar-refractivity contribution in [1.29, 1.82) is 0 Å². The van der Waals surface area contributed by atoms with Gasteiger partial charge in [-0.05, 0) is 81.1 Å². The average Bonchev–Trinajstić information content (AvgIpc) is 3.05. The van der Waals surface area contributed by atoms with E-state index in [1.165, 1.54) is 70.6 Å². The van der Waals surface area contributed by atoms with Gasteiger partial charge in [0.2, 0.25) is 0 Å². The molecule has 0 saturated carbocycles. The van der Waals surface area contributed by atoms with E-state index >= 15 is 0 Å². The number of carbonyl (C=O) groups excluding carboxylic acids is 1. The normalized spacial score (nSPS) is 13.1. The maximum atomic E-state index is 11.5. The first-order valence-corrected chi connectivity index (χ1v) is 19.7. The molecule has 0 saturated heterocycles. The van der Waals surface area contributed by atoms with Gasteiger partial charge in [0.1, 0.15) is 6.10 Å². The second-order valence-corrected chi connectivity index (χ2v) is 12.6. The van der Waals surface area contributed by atoms with Gasteiger partial charge in [0.05, 0.1) is 6.61 Å². The van der Waals surface area contributed by atoms with Crippen LogP contribution < -0.4 is 0 Å². The number of hydrogen-bond acceptors (Lipinski definition) is 8. The first-order valence-electron chi connectivity index (χ1n) is 19.7. The van der Waals surface area contributed by atoms with Crippen LogP contribution in [0.15, 0.2) is 12.2 Å². The number of ether oxygens (including phenoxy) is 7. The molecule has 0 aliphatic rings. The second kappa shape index (κ2) is 33.1. The Morgan fingerprint density at radius 3 is 1.40 bits per heavy atom. The standard InChI is InChI=1S/C22H42O4.C18H38O4/c1-7-10-11-12-13-14-16-20(22(6,25-8-2)26-9-3)17-15-18-24-21(23)19(4)5;1-6-11-12-13-14-15-16-17(19-7-2)18(20-8-3,21-9-4)22-10-5/h20H,4,7-18H2,1-3,5-6H3;17H,6-16H2,1-5H3. The molecule has 48 heavy (non-hydrogen) atoms. The fourth-order valence-corrected chi connectivity index (χ4v) is 5.99. The molecule has 0 rings (SSSR count). The highest BCUT2D eigenvalue weighted by Gasteiger charge is 2.42. The van der Waals surface area contributed by atoms with Crippen LogP contribution in [0.4, 0.5) is 0 Å². The van der Waals surface area contributed by atoms with Gasteiger partial charge in [-0.15, -0.1) is 0 Å². The molecular formula is C40H80O8. The molecule has 0 aliphatic heterocycles. The van der Waals surface area contributed by atoms with E-state index in [0.717, 1.165) is 32.1 Å². The van der Waals surface area contributed by atoms with Crippen LogP contribution in [0.3, 0.4) is 0 Å². The molecule has 0 spiro atoms. The molecular weight excluding hydrogens is 608 g/mol. The minimum Gasteiger partial charge on any atom is -0.462 e. The lowest BCUT2D eigenvalue weighted by atomic mass is 9.88. The lowest BCUT2D eigenvalue weighted by Gasteiger charge is -2.38. The lowest BCUT2D eigenvalue weighted by Crippen LogP contribution is -2.51. The van der Waals surface area contributed by atoms with Gasteiger partial charge in [-0.1, -0.05) is 97.5 Å². The van der Waals surface area contributed by atoms with Crippen molar-refractivity contribution in [2.75, 3.05) is 46.2 Å². The Labute approximate surface area is 297 Å². The fourth-order valence-electron chi connectivity index (χ4n) is 5.99. The van der Waals surface area contributed by atoms with Gasteiger partial charge < -0.3 is 33.2 Å². The fraction of sp³-hybridized carbons (Fsp3) is 0.925. The van der Waals surface area contributed by atoms with Crippen molar-refractivity contribution in [3.05, 3.63) is 12.2 Å². The summed E-state index contributed by atoms with van der Waals surface area (Å²) >= 11 is 0. The van der Waals surface area contributed by atoms with E-state index in [2.05, 4.69) is 27.4 Å². The summed E-state index contributed by atoms with van der Waals surface area (Å²) in [6.07, 6.45) is 18.8. The molecule has 8 heteroatoms. The zero-order valence-corrected chi connectivity index (χ0v) is 33.4. The lowest BCUT2D eigenvalue weighted by molar-refractivity contribution is -0.415. The highest BCUT2D eigenvalue weighted by molar-refractivity contribution is 5.86. The zero-order valence-electron chi connectivity index (χ0n) is 33.4. The smallest absolute Gasteiger partial charge is 0.333 e. The number of rotatable bonds is 33. The van der Waals surface area contributed by atoms with Gasteiger partial charge in [0, 0.05) is 51.1 Å². The summed E-state index contributed by atoms with van der Waals surface area (Å²) in [4.78, 5) is 11.5. The van der Waals surface area contributed by atoms with Crippen molar-refractivity contribution >= 4 is 5.97 Å². The third kappa shape index (κ3) is 23.4. The van der Waals surface area contributed by atoms with Crippen LogP contribution in [0, 0.1) is 5.92 Å². The largest absolute Gasteiger partial charge is 0.462 e. The third-order valence-corrected chi connectivity index (χ3v) is 8.41. The SMILES string of the molecule is C=C(C)C(=O)OCCCC(CCCCCCCC)C(C)(OCC)OCC.CCCCCCCCC(OCC)C(OCC)(OCC)OCC. The van der Waals surface area contributed by atoms with Crippen LogP contribution in [0.5, 0.6) is 0 Å². The summed E-state index contributed by atoms with van der Waals surface area (Å²) in [6, 6.07) is 0. The summed E-state index contributed by atoms with van der Waals surface area (Å²) in [5.74, 6) is -1.63. The first-order chi connectivity index (χ1) is 23.1. The van der Waals surface area contributed by atoms with Crippen molar-refractivity contribution in [1.82, 2.24) is 0 Å². The molecule has 0 amide bonds. The van der Waals surface area contributed by atoms with Crippen LogP contribution in [-0.2, 0) is 38.0 Å². The molecule has 0 N–H and O–H groups in total. The molecule has 2 unspecified atom stereocenters. The van der Waals surface area contributed by atoms with Crippen LogP contribution in [0.1, 0.15) is 172 Å². The van der Waals surface area contributed by atoms with Crippen LogP contribution in [-0.4, -0.2) is 70.1 Å². The van der Waals surface area contributed by atoms with E-state index in [4.69, 9.17) is 33.2 Å². The zero-order chi connectivity index (χ0) is 36.5. The van der Waals surface area contributed by atoms with Gasteiger partial charge in [-0.3, -0.25) is 0 Å². The quantitative estimate of drug-likeness (QED) is 0.0292. The molecule has 0 bridgehead atoms. The van der Waals surface area contributed by atoms with E-state index in [-0.39, 0.29) is 12.1 Å². The minimum atomic E-state index is -1.06. The second-order valence-electron chi connectivity index (χ2n) is 12.6. The maximum absolute atomic E-state index is 11.5. The van der Waals surface area contributed by atoms with Gasteiger partial charge >= 0.3 is 11.9 Å². The molecule has 288 valence electrons. The van der Waals surface area contributed by atoms with Gasteiger partial charge in [0.25, 0.3) is 0 Å². The molecule has 8 nitrogen and oxygen atoms in total. The predicted molar refractivity (Wildman–Crippen MR) is 199 cm³/mol. The van der Waals surface area contributed by atoms with Crippen molar-refractivity contribution in [2.24, 2.45) is 5.92 Å². The predicted octanol–water partition coefficient (Wildman–Crippen LogP) is 10.9. The molecule has 2 atom stereocenters. The van der Waals surface area contributed by atoms with Gasteiger partial charge in [0.15, 0.2) is 5.79 Å². The number of carbonyl (C=O) groups is 1. The Hall–Kier alpha value is -1.03. The van der Waals surface area contributed by atoms with Crippen LogP contribution in [0.2, 0.25) is 0 Å².